The molecule has 0 aromatic heterocycles. The summed E-state index contributed by atoms with van der Waals surface area (Å²) in [6.07, 6.45) is -8.51. The normalized spacial score (nSPS) is 21.6. The molecule has 1 saturated carbocycles. The molecule has 0 radical (unpaired) electrons. The summed E-state index contributed by atoms with van der Waals surface area (Å²) in [5, 5.41) is 0.188. The van der Waals surface area contributed by atoms with Crippen LogP contribution in [-0.2, 0) is 17.1 Å². The minimum atomic E-state index is -4.53. The van der Waals surface area contributed by atoms with E-state index in [9.17, 15) is 31.1 Å². The molecule has 2 aromatic carbocycles. The molecule has 4 rings (SSSR count). The van der Waals surface area contributed by atoms with Crippen LogP contribution in [0.1, 0.15) is 29.0 Å². The summed E-state index contributed by atoms with van der Waals surface area (Å²) in [5.74, 6) is -0.844. The highest BCUT2D eigenvalue weighted by molar-refractivity contribution is 6.30. The van der Waals surface area contributed by atoms with Crippen LogP contribution in [0.3, 0.4) is 0 Å². The van der Waals surface area contributed by atoms with Crippen molar-refractivity contribution in [1.29, 1.82) is 0 Å². The zero-order valence-electron chi connectivity index (χ0n) is 16.7. The van der Waals surface area contributed by atoms with Crippen molar-refractivity contribution in [1.82, 2.24) is 4.90 Å². The highest BCUT2D eigenvalue weighted by atomic mass is 35.5. The molecule has 2 aromatic rings. The maximum atomic E-state index is 13.4. The van der Waals surface area contributed by atoms with Gasteiger partial charge in [0, 0.05) is 37.1 Å². The van der Waals surface area contributed by atoms with Crippen LogP contribution in [0.15, 0.2) is 42.5 Å². The number of alkyl halides is 6. The molecule has 2 aliphatic rings. The standard InChI is InChI=1S/C22H19ClF6N2O/c23-15-4-5-18(22(27,28)29)19(11-15)30-6-8-31(9-7-30)20(32)17-12-16(17)13-2-1-3-14(10-13)21(24,25)26/h1-5,10-11,16-17H,6-9,12H2/t16-,17?/m0/s1. The molecule has 1 heterocycles. The van der Waals surface area contributed by atoms with E-state index in [0.717, 1.165) is 18.2 Å². The van der Waals surface area contributed by atoms with Gasteiger partial charge in [-0.2, -0.15) is 26.3 Å². The lowest BCUT2D eigenvalue weighted by atomic mass is 10.0. The lowest BCUT2D eigenvalue weighted by Crippen LogP contribution is -2.49. The first-order chi connectivity index (χ1) is 14.9. The largest absolute Gasteiger partial charge is 0.418 e. The second kappa shape index (κ2) is 8.17. The molecule has 0 bridgehead atoms. The smallest absolute Gasteiger partial charge is 0.367 e. The first-order valence-electron chi connectivity index (χ1n) is 10.0. The van der Waals surface area contributed by atoms with E-state index in [2.05, 4.69) is 0 Å². The zero-order chi connectivity index (χ0) is 23.3. The summed E-state index contributed by atoms with van der Waals surface area (Å²) in [6, 6.07) is 8.39. The summed E-state index contributed by atoms with van der Waals surface area (Å²) in [5.41, 5.74) is -1.08. The highest BCUT2D eigenvalue weighted by Gasteiger charge is 2.47. The summed E-state index contributed by atoms with van der Waals surface area (Å²) < 4.78 is 78.9. The van der Waals surface area contributed by atoms with Gasteiger partial charge >= 0.3 is 12.4 Å². The Bertz CT molecular complexity index is 1010. The van der Waals surface area contributed by atoms with Crippen molar-refractivity contribution in [2.24, 2.45) is 5.92 Å². The van der Waals surface area contributed by atoms with Gasteiger partial charge in [0.2, 0.25) is 5.91 Å². The predicted molar refractivity (Wildman–Crippen MR) is 108 cm³/mol. The van der Waals surface area contributed by atoms with E-state index in [0.29, 0.717) is 12.0 Å². The second-order valence-electron chi connectivity index (χ2n) is 8.04. The fourth-order valence-electron chi connectivity index (χ4n) is 4.19. The molecular formula is C22H19ClF6N2O. The average molecular weight is 477 g/mol. The predicted octanol–water partition coefficient (Wildman–Crippen LogP) is 5.83. The summed E-state index contributed by atoms with van der Waals surface area (Å²) in [6.45, 7) is 0.870. The summed E-state index contributed by atoms with van der Waals surface area (Å²) in [4.78, 5) is 16.0. The number of carbonyl (C=O) groups excluding carboxylic acids is 1. The van der Waals surface area contributed by atoms with Crippen molar-refractivity contribution in [3.05, 3.63) is 64.2 Å². The van der Waals surface area contributed by atoms with E-state index in [1.54, 1.807) is 15.9 Å². The molecule has 32 heavy (non-hydrogen) atoms. The number of halogens is 7. The summed E-state index contributed by atoms with van der Waals surface area (Å²) >= 11 is 5.90. The Kier molecular flexibility index (Phi) is 5.81. The van der Waals surface area contributed by atoms with E-state index >= 15 is 0 Å². The zero-order valence-corrected chi connectivity index (χ0v) is 17.4. The third-order valence-corrected chi connectivity index (χ3v) is 6.18. The Morgan fingerprint density at radius 1 is 0.906 bits per heavy atom. The van der Waals surface area contributed by atoms with Crippen LogP contribution < -0.4 is 4.90 Å². The Balaban J connectivity index is 1.40. The van der Waals surface area contributed by atoms with Crippen molar-refractivity contribution in [3.8, 4) is 0 Å². The molecule has 10 heteroatoms. The molecule has 2 fully saturated rings. The molecule has 3 nitrogen and oxygen atoms in total. The van der Waals surface area contributed by atoms with E-state index < -0.39 is 29.4 Å². The van der Waals surface area contributed by atoms with Gasteiger partial charge in [0.25, 0.3) is 0 Å². The van der Waals surface area contributed by atoms with E-state index in [-0.39, 0.29) is 48.7 Å². The van der Waals surface area contributed by atoms with Crippen LogP contribution in [-0.4, -0.2) is 37.0 Å². The van der Waals surface area contributed by atoms with Crippen LogP contribution in [0.5, 0.6) is 0 Å². The molecule has 1 aliphatic carbocycles. The van der Waals surface area contributed by atoms with E-state index in [1.165, 1.54) is 18.2 Å². The molecule has 1 unspecified atom stereocenters. The lowest BCUT2D eigenvalue weighted by molar-refractivity contribution is -0.138. The Morgan fingerprint density at radius 3 is 2.22 bits per heavy atom. The van der Waals surface area contributed by atoms with Gasteiger partial charge in [-0.3, -0.25) is 4.79 Å². The van der Waals surface area contributed by atoms with Gasteiger partial charge in [0.05, 0.1) is 16.8 Å². The molecule has 0 N–H and O–H groups in total. The number of anilines is 1. The molecule has 1 saturated heterocycles. The third kappa shape index (κ3) is 4.67. The van der Waals surface area contributed by atoms with Crippen molar-refractivity contribution in [3.63, 3.8) is 0 Å². The molecular weight excluding hydrogens is 458 g/mol. The quantitative estimate of drug-likeness (QED) is 0.520. The van der Waals surface area contributed by atoms with E-state index in [1.807, 2.05) is 0 Å². The van der Waals surface area contributed by atoms with Crippen LogP contribution in [0.4, 0.5) is 32.0 Å². The van der Waals surface area contributed by atoms with Gasteiger partial charge in [-0.15, -0.1) is 0 Å². The fraction of sp³-hybridized carbons (Fsp3) is 0.409. The second-order valence-corrected chi connectivity index (χ2v) is 8.48. The monoisotopic (exact) mass is 476 g/mol. The average Bonchev–Trinajstić information content (AvgIpc) is 3.53. The minimum Gasteiger partial charge on any atom is -0.367 e. The van der Waals surface area contributed by atoms with Crippen LogP contribution in [0, 0.1) is 5.92 Å². The maximum Gasteiger partial charge on any atom is 0.418 e. The van der Waals surface area contributed by atoms with Gasteiger partial charge in [-0.1, -0.05) is 29.8 Å². The van der Waals surface area contributed by atoms with Crippen molar-refractivity contribution in [2.45, 2.75) is 24.7 Å². The van der Waals surface area contributed by atoms with Crippen LogP contribution in [0.2, 0.25) is 5.02 Å². The van der Waals surface area contributed by atoms with Crippen molar-refractivity contribution >= 4 is 23.2 Å². The Morgan fingerprint density at radius 2 is 1.59 bits per heavy atom. The topological polar surface area (TPSA) is 23.6 Å². The highest BCUT2D eigenvalue weighted by Crippen LogP contribution is 2.49. The summed E-state index contributed by atoms with van der Waals surface area (Å²) in [7, 11) is 0. The SMILES string of the molecule is O=C(C1C[C@H]1c1cccc(C(F)(F)F)c1)N1CCN(c2cc(Cl)ccc2C(F)(F)F)CC1. The molecule has 172 valence electrons. The first kappa shape index (κ1) is 22.8. The minimum absolute atomic E-state index is 0.0228. The maximum absolute atomic E-state index is 13.4. The molecule has 1 aliphatic heterocycles. The number of piperazine rings is 1. The van der Waals surface area contributed by atoms with Crippen molar-refractivity contribution in [2.75, 3.05) is 31.1 Å². The number of rotatable bonds is 3. The first-order valence-corrected chi connectivity index (χ1v) is 10.4. The third-order valence-electron chi connectivity index (χ3n) is 5.95. The fourth-order valence-corrected chi connectivity index (χ4v) is 4.36. The van der Waals surface area contributed by atoms with Crippen LogP contribution >= 0.6 is 11.6 Å². The lowest BCUT2D eigenvalue weighted by Gasteiger charge is -2.37. The number of carbonyl (C=O) groups is 1. The Hall–Kier alpha value is -2.42. The van der Waals surface area contributed by atoms with Crippen LogP contribution in [0.25, 0.3) is 0 Å². The van der Waals surface area contributed by atoms with Gasteiger partial charge in [0.1, 0.15) is 0 Å². The molecule has 1 amide bonds. The molecule has 2 atom stereocenters. The van der Waals surface area contributed by atoms with Gasteiger partial charge in [-0.05, 0) is 42.2 Å². The number of hydrogen-bond donors (Lipinski definition) is 0. The Labute approximate surface area is 185 Å². The van der Waals surface area contributed by atoms with Gasteiger partial charge in [0.15, 0.2) is 0 Å². The number of nitrogens with zero attached hydrogens (tertiary/aromatic N) is 2. The number of amides is 1. The van der Waals surface area contributed by atoms with Gasteiger partial charge < -0.3 is 9.80 Å². The van der Waals surface area contributed by atoms with E-state index in [4.69, 9.17) is 11.6 Å². The number of hydrogen-bond acceptors (Lipinski definition) is 2. The number of benzene rings is 2. The molecule has 0 spiro atoms. The van der Waals surface area contributed by atoms with Crippen molar-refractivity contribution < 1.29 is 31.1 Å². The van der Waals surface area contributed by atoms with Gasteiger partial charge in [-0.25, -0.2) is 0 Å².